The molecular formula is C21H26N4O2S2. The predicted molar refractivity (Wildman–Crippen MR) is 120 cm³/mol. The zero-order valence-corrected chi connectivity index (χ0v) is 18.7. The lowest BCUT2D eigenvalue weighted by Crippen LogP contribution is -2.31. The Morgan fingerprint density at radius 1 is 1.07 bits per heavy atom. The number of fused-ring (bicyclic) bond motifs is 1. The summed E-state index contributed by atoms with van der Waals surface area (Å²) in [5.74, 6) is 2.39. The first-order valence-electron chi connectivity index (χ1n) is 9.91. The summed E-state index contributed by atoms with van der Waals surface area (Å²) in [4.78, 5) is 7.31. The topological polar surface area (TPSA) is 60.4 Å². The minimum Gasteiger partial charge on any atom is -0.493 e. The second-order valence-electron chi connectivity index (χ2n) is 7.08. The molecular weight excluding hydrogens is 404 g/mol. The quantitative estimate of drug-likeness (QED) is 0.505. The van der Waals surface area contributed by atoms with Crippen LogP contribution in [0.2, 0.25) is 0 Å². The summed E-state index contributed by atoms with van der Waals surface area (Å²) in [5.41, 5.74) is 2.75. The average Bonchev–Trinajstić information content (AvgIpc) is 3.15. The number of piperidine rings is 1. The number of hydrogen-bond acceptors (Lipinski definition) is 8. The zero-order chi connectivity index (χ0) is 20.2. The van der Waals surface area contributed by atoms with Crippen molar-refractivity contribution in [2.24, 2.45) is 0 Å². The van der Waals surface area contributed by atoms with Crippen molar-refractivity contribution in [3.8, 4) is 22.8 Å². The van der Waals surface area contributed by atoms with Crippen LogP contribution in [0.4, 0.5) is 0 Å². The van der Waals surface area contributed by atoms with Crippen LogP contribution < -0.4 is 9.47 Å². The average molecular weight is 431 g/mol. The molecule has 0 unspecified atom stereocenters. The van der Waals surface area contributed by atoms with Gasteiger partial charge in [-0.2, -0.15) is 0 Å². The number of thioether (sulfide) groups is 1. The van der Waals surface area contributed by atoms with Crippen molar-refractivity contribution < 1.29 is 9.47 Å². The molecule has 0 N–H and O–H groups in total. The Kier molecular flexibility index (Phi) is 6.52. The van der Waals surface area contributed by atoms with Crippen molar-refractivity contribution in [1.29, 1.82) is 0 Å². The molecule has 4 rings (SSSR count). The molecule has 2 aromatic heterocycles. The van der Waals surface area contributed by atoms with Gasteiger partial charge < -0.3 is 14.4 Å². The number of nitrogens with zero attached hydrogens (tertiary/aromatic N) is 4. The molecule has 0 atom stereocenters. The third-order valence-electron chi connectivity index (χ3n) is 5.14. The summed E-state index contributed by atoms with van der Waals surface area (Å²) < 4.78 is 11.9. The third kappa shape index (κ3) is 4.49. The van der Waals surface area contributed by atoms with Gasteiger partial charge in [0.15, 0.2) is 11.5 Å². The highest BCUT2D eigenvalue weighted by Gasteiger charge is 2.18. The van der Waals surface area contributed by atoms with E-state index in [1.54, 1.807) is 37.3 Å². The van der Waals surface area contributed by atoms with Crippen molar-refractivity contribution >= 4 is 33.3 Å². The first-order valence-corrected chi connectivity index (χ1v) is 11.7. The van der Waals surface area contributed by atoms with E-state index in [4.69, 9.17) is 14.5 Å². The van der Waals surface area contributed by atoms with Gasteiger partial charge >= 0.3 is 0 Å². The van der Waals surface area contributed by atoms with Gasteiger partial charge in [-0.1, -0.05) is 6.42 Å². The predicted octanol–water partition coefficient (Wildman–Crippen LogP) is 4.66. The first kappa shape index (κ1) is 20.4. The highest BCUT2D eigenvalue weighted by molar-refractivity contribution is 7.99. The summed E-state index contributed by atoms with van der Waals surface area (Å²) in [5, 5.41) is 11.1. The van der Waals surface area contributed by atoms with Crippen LogP contribution in [0.25, 0.3) is 21.5 Å². The van der Waals surface area contributed by atoms with E-state index in [-0.39, 0.29) is 0 Å². The molecule has 1 fully saturated rings. The van der Waals surface area contributed by atoms with Crippen molar-refractivity contribution in [1.82, 2.24) is 20.1 Å². The molecule has 1 aliphatic heterocycles. The van der Waals surface area contributed by atoms with Gasteiger partial charge in [0.2, 0.25) is 0 Å². The molecule has 0 amide bonds. The number of methoxy groups -OCH3 is 2. The summed E-state index contributed by atoms with van der Waals surface area (Å²) in [7, 11) is 3.28. The maximum Gasteiger partial charge on any atom is 0.161 e. The molecule has 3 heterocycles. The van der Waals surface area contributed by atoms with E-state index in [0.717, 1.165) is 43.8 Å². The summed E-state index contributed by atoms with van der Waals surface area (Å²) >= 11 is 3.42. The van der Waals surface area contributed by atoms with Crippen LogP contribution in [0.5, 0.6) is 11.5 Å². The number of ether oxygens (including phenoxy) is 2. The standard InChI is InChI=1S/C21H26N4O2S2/c1-14-22-19-20(29-14)18(15-7-8-16(26-2)17(13-15)27-3)23-24-21(19)28-12-11-25-9-5-4-6-10-25/h7-8,13H,4-6,9-12H2,1-3H3. The minimum atomic E-state index is 0.682. The van der Waals surface area contributed by atoms with Crippen LogP contribution in [0.15, 0.2) is 23.2 Å². The molecule has 29 heavy (non-hydrogen) atoms. The Labute approximate surface area is 179 Å². The number of likely N-dealkylation sites (tertiary alicyclic amines) is 1. The summed E-state index contributed by atoms with van der Waals surface area (Å²) in [6.45, 7) is 5.56. The zero-order valence-electron chi connectivity index (χ0n) is 17.1. The molecule has 0 aliphatic carbocycles. The van der Waals surface area contributed by atoms with Gasteiger partial charge in [-0.15, -0.1) is 33.3 Å². The normalized spacial score (nSPS) is 15.0. The number of aromatic nitrogens is 3. The Bertz CT molecular complexity index is 986. The van der Waals surface area contributed by atoms with Crippen LogP contribution in [0.3, 0.4) is 0 Å². The van der Waals surface area contributed by atoms with Crippen LogP contribution in [-0.4, -0.2) is 59.7 Å². The van der Waals surface area contributed by atoms with E-state index < -0.39 is 0 Å². The molecule has 154 valence electrons. The lowest BCUT2D eigenvalue weighted by atomic mass is 10.1. The Morgan fingerprint density at radius 2 is 1.86 bits per heavy atom. The molecule has 0 radical (unpaired) electrons. The van der Waals surface area contributed by atoms with Gasteiger partial charge in [0.25, 0.3) is 0 Å². The first-order chi connectivity index (χ1) is 14.2. The van der Waals surface area contributed by atoms with Gasteiger partial charge in [-0.05, 0) is 51.1 Å². The fraction of sp³-hybridized carbons (Fsp3) is 0.476. The molecule has 6 nitrogen and oxygen atoms in total. The van der Waals surface area contributed by atoms with Crippen molar-refractivity contribution in [2.75, 3.05) is 39.6 Å². The SMILES string of the molecule is COc1ccc(-c2nnc(SCCN3CCCCC3)c3nc(C)sc23)cc1OC. The van der Waals surface area contributed by atoms with Crippen LogP contribution in [-0.2, 0) is 0 Å². The monoisotopic (exact) mass is 430 g/mol. The van der Waals surface area contributed by atoms with E-state index in [1.165, 1.54) is 32.4 Å². The highest BCUT2D eigenvalue weighted by Crippen LogP contribution is 2.38. The molecule has 1 aliphatic rings. The van der Waals surface area contributed by atoms with Crippen molar-refractivity contribution in [3.05, 3.63) is 23.2 Å². The molecule has 0 spiro atoms. The van der Waals surface area contributed by atoms with Gasteiger partial charge in [-0.3, -0.25) is 0 Å². The fourth-order valence-electron chi connectivity index (χ4n) is 3.64. The molecule has 3 aromatic rings. The number of benzene rings is 1. The summed E-state index contributed by atoms with van der Waals surface area (Å²) in [6, 6.07) is 5.83. The minimum absolute atomic E-state index is 0.682. The molecule has 1 saturated heterocycles. The van der Waals surface area contributed by atoms with Crippen molar-refractivity contribution in [3.63, 3.8) is 0 Å². The highest BCUT2D eigenvalue weighted by atomic mass is 32.2. The Hall–Kier alpha value is -1.90. The Balaban J connectivity index is 1.60. The summed E-state index contributed by atoms with van der Waals surface area (Å²) in [6.07, 6.45) is 4.01. The number of thiazole rings is 1. The molecule has 1 aromatic carbocycles. The van der Waals surface area contributed by atoms with E-state index >= 15 is 0 Å². The van der Waals surface area contributed by atoms with Gasteiger partial charge in [0, 0.05) is 17.9 Å². The second-order valence-corrected chi connectivity index (χ2v) is 9.37. The van der Waals surface area contributed by atoms with Gasteiger partial charge in [-0.25, -0.2) is 4.98 Å². The van der Waals surface area contributed by atoms with Gasteiger partial charge in [0.1, 0.15) is 16.2 Å². The van der Waals surface area contributed by atoms with E-state index in [1.807, 2.05) is 25.1 Å². The Morgan fingerprint density at radius 3 is 2.62 bits per heavy atom. The van der Waals surface area contributed by atoms with E-state index in [9.17, 15) is 0 Å². The van der Waals surface area contributed by atoms with Gasteiger partial charge in [0.05, 0.1) is 23.9 Å². The van der Waals surface area contributed by atoms with Crippen LogP contribution in [0.1, 0.15) is 24.3 Å². The number of rotatable bonds is 7. The lowest BCUT2D eigenvalue weighted by Gasteiger charge is -2.25. The molecule has 0 bridgehead atoms. The molecule has 8 heteroatoms. The van der Waals surface area contributed by atoms with E-state index in [0.29, 0.717) is 11.5 Å². The van der Waals surface area contributed by atoms with Crippen LogP contribution in [0, 0.1) is 6.92 Å². The lowest BCUT2D eigenvalue weighted by molar-refractivity contribution is 0.242. The number of aryl methyl sites for hydroxylation is 1. The number of hydrogen-bond donors (Lipinski definition) is 0. The molecule has 0 saturated carbocycles. The fourth-order valence-corrected chi connectivity index (χ4v) is 5.56. The van der Waals surface area contributed by atoms with Crippen molar-refractivity contribution in [2.45, 2.75) is 31.2 Å². The maximum atomic E-state index is 5.46. The smallest absolute Gasteiger partial charge is 0.161 e. The largest absolute Gasteiger partial charge is 0.493 e. The van der Waals surface area contributed by atoms with E-state index in [2.05, 4.69) is 15.1 Å². The third-order valence-corrected chi connectivity index (χ3v) is 7.06. The van der Waals surface area contributed by atoms with Crippen LogP contribution >= 0.6 is 23.1 Å². The second kappa shape index (κ2) is 9.28. The maximum absolute atomic E-state index is 5.46.